The summed E-state index contributed by atoms with van der Waals surface area (Å²) in [6.07, 6.45) is 2.50. The van der Waals surface area contributed by atoms with E-state index in [4.69, 9.17) is 22.3 Å². The number of halogens is 1. The maximum absolute atomic E-state index is 9.61. The highest BCUT2D eigenvalue weighted by molar-refractivity contribution is 6.33. The van der Waals surface area contributed by atoms with Crippen molar-refractivity contribution in [2.24, 2.45) is 0 Å². The molecule has 8 nitrogen and oxygen atoms in total. The summed E-state index contributed by atoms with van der Waals surface area (Å²) in [5.41, 5.74) is 10.0. The Balaban J connectivity index is 1.70. The van der Waals surface area contributed by atoms with Crippen molar-refractivity contribution in [2.75, 3.05) is 23.0 Å². The molecule has 0 saturated carbocycles. The Morgan fingerprint density at radius 1 is 1.12 bits per heavy atom. The molecule has 2 aromatic heterocycles. The fraction of sp³-hybridized carbons (Fsp3) is 0.261. The highest BCUT2D eigenvalue weighted by Crippen LogP contribution is 2.26. The van der Waals surface area contributed by atoms with Gasteiger partial charge in [0.25, 0.3) is 0 Å². The molecule has 32 heavy (non-hydrogen) atoms. The number of para-hydroxylation sites is 1. The lowest BCUT2D eigenvalue weighted by atomic mass is 10.2. The van der Waals surface area contributed by atoms with E-state index in [1.54, 1.807) is 12.4 Å². The van der Waals surface area contributed by atoms with Gasteiger partial charge in [0.2, 0.25) is 5.95 Å². The minimum Gasteiger partial charge on any atom is -0.397 e. The van der Waals surface area contributed by atoms with E-state index < -0.39 is 0 Å². The number of rotatable bonds is 9. The van der Waals surface area contributed by atoms with E-state index in [0.29, 0.717) is 46.7 Å². The zero-order valence-corrected chi connectivity index (χ0v) is 18.5. The van der Waals surface area contributed by atoms with Crippen LogP contribution < -0.4 is 16.4 Å². The first-order valence-corrected chi connectivity index (χ1v) is 10.9. The van der Waals surface area contributed by atoms with E-state index in [-0.39, 0.29) is 12.6 Å². The summed E-state index contributed by atoms with van der Waals surface area (Å²) in [5.74, 6) is 1.01. The molecule has 0 aliphatic heterocycles. The van der Waals surface area contributed by atoms with Gasteiger partial charge in [-0.15, -0.1) is 0 Å². The molecule has 4 aromatic rings. The van der Waals surface area contributed by atoms with Crippen molar-refractivity contribution in [1.82, 2.24) is 19.5 Å². The lowest BCUT2D eigenvalue weighted by Gasteiger charge is -2.16. The monoisotopic (exact) mass is 451 g/mol. The number of aromatic nitrogens is 4. The van der Waals surface area contributed by atoms with Gasteiger partial charge in [0.15, 0.2) is 17.0 Å². The number of nitrogen functional groups attached to an aromatic ring is 1. The van der Waals surface area contributed by atoms with Crippen LogP contribution in [0.1, 0.15) is 24.5 Å². The van der Waals surface area contributed by atoms with Gasteiger partial charge in [-0.05, 0) is 23.6 Å². The van der Waals surface area contributed by atoms with Crippen LogP contribution in [0.5, 0.6) is 0 Å². The normalized spacial score (nSPS) is 12.1. The smallest absolute Gasteiger partial charge is 0.227 e. The number of aliphatic hydroxyl groups is 1. The molecular formula is C23H26ClN7O. The lowest BCUT2D eigenvalue weighted by Crippen LogP contribution is -2.24. The number of hydrogen-bond acceptors (Lipinski definition) is 7. The number of benzene rings is 2. The quantitative estimate of drug-likeness (QED) is 0.285. The van der Waals surface area contributed by atoms with Crippen LogP contribution in [-0.4, -0.2) is 37.3 Å². The van der Waals surface area contributed by atoms with Crippen molar-refractivity contribution in [1.29, 1.82) is 0 Å². The summed E-state index contributed by atoms with van der Waals surface area (Å²) < 4.78 is 1.98. The number of aliphatic hydroxyl groups excluding tert-OH is 1. The SMILES string of the molecule is CCC(CO)Nc1nc(NCc2cccc(Cl)c2N)c2ncn(Cc3ccccc3)c2n1. The van der Waals surface area contributed by atoms with E-state index in [1.807, 2.05) is 41.8 Å². The number of fused-ring (bicyclic) bond motifs is 1. The molecule has 0 radical (unpaired) electrons. The fourth-order valence-electron chi connectivity index (χ4n) is 3.40. The van der Waals surface area contributed by atoms with Gasteiger partial charge in [-0.25, -0.2) is 4.98 Å². The fourth-order valence-corrected chi connectivity index (χ4v) is 3.60. The topological polar surface area (TPSA) is 114 Å². The van der Waals surface area contributed by atoms with Crippen LogP contribution in [0.2, 0.25) is 5.02 Å². The van der Waals surface area contributed by atoms with Crippen LogP contribution in [0.15, 0.2) is 54.9 Å². The van der Waals surface area contributed by atoms with Gasteiger partial charge in [-0.2, -0.15) is 9.97 Å². The predicted octanol–water partition coefficient (Wildman–Crippen LogP) is 3.91. The molecule has 5 N–H and O–H groups in total. The van der Waals surface area contributed by atoms with Gasteiger partial charge < -0.3 is 26.0 Å². The van der Waals surface area contributed by atoms with Gasteiger partial charge in [-0.1, -0.05) is 61.0 Å². The molecule has 0 aliphatic carbocycles. The molecule has 0 bridgehead atoms. The predicted molar refractivity (Wildman–Crippen MR) is 129 cm³/mol. The number of nitrogens with zero attached hydrogens (tertiary/aromatic N) is 4. The minimum atomic E-state index is -0.144. The number of nitrogens with one attached hydrogen (secondary N) is 2. The van der Waals surface area contributed by atoms with Gasteiger partial charge >= 0.3 is 0 Å². The molecule has 1 atom stereocenters. The molecule has 0 amide bonds. The van der Waals surface area contributed by atoms with Gasteiger partial charge in [0.05, 0.1) is 36.2 Å². The second kappa shape index (κ2) is 9.84. The van der Waals surface area contributed by atoms with E-state index in [9.17, 15) is 5.11 Å². The minimum absolute atomic E-state index is 0.0109. The lowest BCUT2D eigenvalue weighted by molar-refractivity contribution is 0.271. The van der Waals surface area contributed by atoms with Gasteiger partial charge in [0.1, 0.15) is 0 Å². The van der Waals surface area contributed by atoms with Gasteiger partial charge in [-0.3, -0.25) is 0 Å². The molecule has 0 aliphatic rings. The van der Waals surface area contributed by atoms with E-state index in [0.717, 1.165) is 17.5 Å². The molecule has 2 aromatic carbocycles. The Kier molecular flexibility index (Phi) is 6.72. The van der Waals surface area contributed by atoms with E-state index >= 15 is 0 Å². The number of hydrogen-bond donors (Lipinski definition) is 4. The Hall–Kier alpha value is -3.36. The van der Waals surface area contributed by atoms with Crippen LogP contribution in [0.3, 0.4) is 0 Å². The molecule has 0 spiro atoms. The average molecular weight is 452 g/mol. The number of imidazole rings is 1. The second-order valence-corrected chi connectivity index (χ2v) is 7.93. The molecule has 2 heterocycles. The third-order valence-electron chi connectivity index (χ3n) is 5.30. The summed E-state index contributed by atoms with van der Waals surface area (Å²) in [5, 5.41) is 16.7. The Labute approximate surface area is 191 Å². The van der Waals surface area contributed by atoms with Crippen molar-refractivity contribution in [3.05, 3.63) is 71.0 Å². The van der Waals surface area contributed by atoms with Crippen LogP contribution in [0, 0.1) is 0 Å². The Morgan fingerprint density at radius 2 is 1.94 bits per heavy atom. The van der Waals surface area contributed by atoms with E-state index in [2.05, 4.69) is 32.7 Å². The van der Waals surface area contributed by atoms with E-state index in [1.165, 1.54) is 0 Å². The highest BCUT2D eigenvalue weighted by Gasteiger charge is 2.16. The van der Waals surface area contributed by atoms with Crippen LogP contribution in [0.25, 0.3) is 11.2 Å². The zero-order valence-electron chi connectivity index (χ0n) is 17.8. The molecular weight excluding hydrogens is 426 g/mol. The summed E-state index contributed by atoms with van der Waals surface area (Å²) in [4.78, 5) is 13.9. The largest absolute Gasteiger partial charge is 0.397 e. The van der Waals surface area contributed by atoms with Gasteiger partial charge in [0, 0.05) is 6.54 Å². The van der Waals surface area contributed by atoms with Crippen LogP contribution in [0.4, 0.5) is 17.5 Å². The first kappa shape index (κ1) is 21.9. The summed E-state index contributed by atoms with van der Waals surface area (Å²) in [6.45, 7) is 3.04. The van der Waals surface area contributed by atoms with Crippen molar-refractivity contribution >= 4 is 40.2 Å². The third kappa shape index (κ3) is 4.76. The zero-order chi connectivity index (χ0) is 22.5. The Morgan fingerprint density at radius 3 is 2.69 bits per heavy atom. The first-order chi connectivity index (χ1) is 15.6. The summed E-state index contributed by atoms with van der Waals surface area (Å²) in [6, 6.07) is 15.5. The molecule has 1 unspecified atom stereocenters. The highest BCUT2D eigenvalue weighted by atomic mass is 35.5. The molecule has 4 rings (SSSR count). The molecule has 0 fully saturated rings. The Bertz CT molecular complexity index is 1190. The average Bonchev–Trinajstić information content (AvgIpc) is 3.21. The maximum Gasteiger partial charge on any atom is 0.227 e. The van der Waals surface area contributed by atoms with Crippen molar-refractivity contribution < 1.29 is 5.11 Å². The molecule has 166 valence electrons. The molecule has 0 saturated heterocycles. The number of anilines is 3. The molecule has 9 heteroatoms. The third-order valence-corrected chi connectivity index (χ3v) is 5.63. The standard InChI is InChI=1S/C23H26ClN7O/c1-2-17(13-32)28-23-29-21(26-11-16-9-6-10-18(24)19(16)25)20-22(30-23)31(14-27-20)12-15-7-4-3-5-8-15/h3-10,14,17,32H,2,11-13,25H2,1H3,(H2,26,28,29,30). The van der Waals surface area contributed by atoms with Crippen LogP contribution >= 0.6 is 11.6 Å². The number of nitrogens with two attached hydrogens (primary N) is 1. The summed E-state index contributed by atoms with van der Waals surface area (Å²) in [7, 11) is 0. The van der Waals surface area contributed by atoms with Crippen LogP contribution in [-0.2, 0) is 13.1 Å². The first-order valence-electron chi connectivity index (χ1n) is 10.5. The van der Waals surface area contributed by atoms with Crippen molar-refractivity contribution in [3.63, 3.8) is 0 Å². The van der Waals surface area contributed by atoms with Crippen molar-refractivity contribution in [2.45, 2.75) is 32.5 Å². The summed E-state index contributed by atoms with van der Waals surface area (Å²) >= 11 is 6.16. The van der Waals surface area contributed by atoms with Crippen molar-refractivity contribution in [3.8, 4) is 0 Å². The second-order valence-electron chi connectivity index (χ2n) is 7.52. The maximum atomic E-state index is 9.61.